The normalized spacial score (nSPS) is 21.7. The number of hydrogen-bond acceptors (Lipinski definition) is 5. The van der Waals surface area contributed by atoms with Crippen molar-refractivity contribution < 1.29 is 14.3 Å². The van der Waals surface area contributed by atoms with E-state index < -0.39 is 0 Å². The maximum Gasteiger partial charge on any atom is 0.228 e. The molecule has 0 radical (unpaired) electrons. The quantitative estimate of drug-likeness (QED) is 0.843. The number of aromatic nitrogens is 2. The number of carbonyl (C=O) groups excluding carboxylic acids is 1. The molecule has 1 spiro atoms. The lowest BCUT2D eigenvalue weighted by Crippen LogP contribution is -2.47. The van der Waals surface area contributed by atoms with Crippen LogP contribution in [0, 0.1) is 0 Å². The Labute approximate surface area is 153 Å². The molecular weight excluding hydrogens is 330 g/mol. The van der Waals surface area contributed by atoms with Crippen LogP contribution in [-0.2, 0) is 16.0 Å². The molecule has 6 heteroatoms. The third-order valence-electron chi connectivity index (χ3n) is 5.19. The Morgan fingerprint density at radius 2 is 1.92 bits per heavy atom. The summed E-state index contributed by atoms with van der Waals surface area (Å²) in [5, 5.41) is 0. The Morgan fingerprint density at radius 1 is 1.15 bits per heavy atom. The zero-order valence-corrected chi connectivity index (χ0v) is 14.7. The van der Waals surface area contributed by atoms with Crippen molar-refractivity contribution >= 4 is 5.91 Å². The molecule has 136 valence electrons. The van der Waals surface area contributed by atoms with Gasteiger partial charge in [0.05, 0.1) is 18.6 Å². The predicted molar refractivity (Wildman–Crippen MR) is 95.7 cm³/mol. The lowest BCUT2D eigenvalue weighted by Gasteiger charge is -2.38. The number of piperidine rings is 1. The van der Waals surface area contributed by atoms with Gasteiger partial charge in [0.2, 0.25) is 11.8 Å². The molecule has 6 nitrogen and oxygen atoms in total. The highest BCUT2D eigenvalue weighted by atomic mass is 16.6. The Bertz CT molecular complexity index is 730. The first kappa shape index (κ1) is 17.0. The van der Waals surface area contributed by atoms with E-state index >= 15 is 0 Å². The van der Waals surface area contributed by atoms with Crippen LogP contribution in [0.15, 0.2) is 48.8 Å². The summed E-state index contributed by atoms with van der Waals surface area (Å²) in [6, 6.07) is 11.3. The van der Waals surface area contributed by atoms with E-state index in [1.54, 1.807) is 12.4 Å². The second-order valence-electron chi connectivity index (χ2n) is 6.98. The number of nitrogens with zero attached hydrogens (tertiary/aromatic N) is 3. The number of amides is 1. The van der Waals surface area contributed by atoms with Gasteiger partial charge in [0, 0.05) is 43.7 Å². The first-order valence-corrected chi connectivity index (χ1v) is 9.12. The molecule has 2 aliphatic heterocycles. The van der Waals surface area contributed by atoms with Gasteiger partial charge in [-0.2, -0.15) is 0 Å². The Morgan fingerprint density at radius 3 is 2.62 bits per heavy atom. The molecule has 4 heterocycles. The second kappa shape index (κ2) is 7.41. The lowest BCUT2D eigenvalue weighted by molar-refractivity contribution is -0.135. The molecule has 0 saturated carbocycles. The fourth-order valence-corrected chi connectivity index (χ4v) is 3.75. The molecule has 0 bridgehead atoms. The van der Waals surface area contributed by atoms with Gasteiger partial charge in [0.25, 0.3) is 0 Å². The average Bonchev–Trinajstić information content (AvgIpc) is 3.06. The SMILES string of the molecule is O=C(Cc1ccccn1)N1CCC2(CC1)CC(Oc1ccccn1)CO2. The average molecular weight is 353 g/mol. The maximum absolute atomic E-state index is 12.5. The molecule has 4 rings (SSSR count). The number of rotatable bonds is 4. The van der Waals surface area contributed by atoms with Gasteiger partial charge in [-0.3, -0.25) is 9.78 Å². The van der Waals surface area contributed by atoms with Crippen LogP contribution in [0.2, 0.25) is 0 Å². The van der Waals surface area contributed by atoms with Crippen molar-refractivity contribution in [2.75, 3.05) is 19.7 Å². The molecule has 1 atom stereocenters. The summed E-state index contributed by atoms with van der Waals surface area (Å²) >= 11 is 0. The molecule has 2 aromatic rings. The molecule has 2 fully saturated rings. The summed E-state index contributed by atoms with van der Waals surface area (Å²) < 4.78 is 12.0. The number of likely N-dealkylation sites (tertiary alicyclic amines) is 1. The molecule has 0 N–H and O–H groups in total. The van der Waals surface area contributed by atoms with Crippen LogP contribution in [0.4, 0.5) is 0 Å². The Balaban J connectivity index is 1.29. The minimum absolute atomic E-state index is 0.0284. The minimum Gasteiger partial charge on any atom is -0.472 e. The van der Waals surface area contributed by atoms with Crippen molar-refractivity contribution in [3.63, 3.8) is 0 Å². The van der Waals surface area contributed by atoms with Crippen molar-refractivity contribution in [1.29, 1.82) is 0 Å². The summed E-state index contributed by atoms with van der Waals surface area (Å²) in [7, 11) is 0. The van der Waals surface area contributed by atoms with Crippen LogP contribution in [-0.4, -0.2) is 52.2 Å². The van der Waals surface area contributed by atoms with Gasteiger partial charge in [0.1, 0.15) is 6.10 Å². The highest BCUT2D eigenvalue weighted by Gasteiger charge is 2.44. The highest BCUT2D eigenvalue weighted by molar-refractivity contribution is 5.78. The molecule has 26 heavy (non-hydrogen) atoms. The first-order chi connectivity index (χ1) is 12.7. The first-order valence-electron chi connectivity index (χ1n) is 9.12. The number of hydrogen-bond donors (Lipinski definition) is 0. The summed E-state index contributed by atoms with van der Waals surface area (Å²) in [6.45, 7) is 2.03. The van der Waals surface area contributed by atoms with E-state index in [4.69, 9.17) is 9.47 Å². The van der Waals surface area contributed by atoms with Crippen LogP contribution < -0.4 is 4.74 Å². The summed E-state index contributed by atoms with van der Waals surface area (Å²) in [6.07, 6.45) is 6.40. The number of pyridine rings is 2. The number of carbonyl (C=O) groups is 1. The molecular formula is C20H23N3O3. The summed E-state index contributed by atoms with van der Waals surface area (Å²) in [5.74, 6) is 0.777. The predicted octanol–water partition coefficient (Wildman–Crippen LogP) is 2.25. The molecule has 1 unspecified atom stereocenters. The van der Waals surface area contributed by atoms with Gasteiger partial charge in [-0.25, -0.2) is 4.98 Å². The summed E-state index contributed by atoms with van der Waals surface area (Å²) in [5.41, 5.74) is 0.653. The molecule has 2 saturated heterocycles. The van der Waals surface area contributed by atoms with Gasteiger partial charge in [-0.1, -0.05) is 12.1 Å². The van der Waals surface area contributed by atoms with E-state index in [0.717, 1.165) is 38.0 Å². The van der Waals surface area contributed by atoms with Crippen molar-refractivity contribution in [2.24, 2.45) is 0 Å². The zero-order chi connectivity index (χ0) is 17.8. The van der Waals surface area contributed by atoms with E-state index in [1.807, 2.05) is 41.3 Å². The maximum atomic E-state index is 12.5. The molecule has 1 amide bonds. The van der Waals surface area contributed by atoms with Gasteiger partial charge in [-0.15, -0.1) is 0 Å². The second-order valence-corrected chi connectivity index (χ2v) is 6.98. The third-order valence-corrected chi connectivity index (χ3v) is 5.19. The number of ether oxygens (including phenoxy) is 2. The van der Waals surface area contributed by atoms with Crippen LogP contribution in [0.5, 0.6) is 5.88 Å². The molecule has 0 aromatic carbocycles. The fraction of sp³-hybridized carbons (Fsp3) is 0.450. The van der Waals surface area contributed by atoms with Gasteiger partial charge < -0.3 is 14.4 Å². The Kier molecular flexibility index (Phi) is 4.84. The highest BCUT2D eigenvalue weighted by Crippen LogP contribution is 2.37. The smallest absolute Gasteiger partial charge is 0.228 e. The van der Waals surface area contributed by atoms with E-state index in [-0.39, 0.29) is 17.6 Å². The van der Waals surface area contributed by atoms with Crippen molar-refractivity contribution in [1.82, 2.24) is 14.9 Å². The van der Waals surface area contributed by atoms with Crippen molar-refractivity contribution in [3.8, 4) is 5.88 Å². The van der Waals surface area contributed by atoms with Crippen LogP contribution >= 0.6 is 0 Å². The monoisotopic (exact) mass is 353 g/mol. The molecule has 2 aromatic heterocycles. The minimum atomic E-state index is -0.165. The van der Waals surface area contributed by atoms with Crippen LogP contribution in [0.3, 0.4) is 0 Å². The van der Waals surface area contributed by atoms with Crippen molar-refractivity contribution in [2.45, 2.75) is 37.4 Å². The zero-order valence-electron chi connectivity index (χ0n) is 14.7. The van der Waals surface area contributed by atoms with E-state index in [2.05, 4.69) is 9.97 Å². The summed E-state index contributed by atoms with van der Waals surface area (Å²) in [4.78, 5) is 22.9. The van der Waals surface area contributed by atoms with Gasteiger partial charge in [0.15, 0.2) is 0 Å². The van der Waals surface area contributed by atoms with E-state index in [0.29, 0.717) is 18.9 Å². The largest absolute Gasteiger partial charge is 0.472 e. The van der Waals surface area contributed by atoms with E-state index in [9.17, 15) is 4.79 Å². The van der Waals surface area contributed by atoms with Crippen LogP contribution in [0.1, 0.15) is 25.0 Å². The van der Waals surface area contributed by atoms with Crippen LogP contribution in [0.25, 0.3) is 0 Å². The van der Waals surface area contributed by atoms with Gasteiger partial charge in [-0.05, 0) is 31.0 Å². The van der Waals surface area contributed by atoms with E-state index in [1.165, 1.54) is 0 Å². The third kappa shape index (κ3) is 3.85. The molecule has 2 aliphatic rings. The van der Waals surface area contributed by atoms with Crippen molar-refractivity contribution in [3.05, 3.63) is 54.5 Å². The lowest BCUT2D eigenvalue weighted by atomic mass is 9.88. The Hall–Kier alpha value is -2.47. The molecule has 0 aliphatic carbocycles. The standard InChI is InChI=1S/C20H23N3O3/c24-19(13-16-5-1-3-9-21-16)23-11-7-20(8-12-23)14-17(15-25-20)26-18-6-2-4-10-22-18/h1-6,9-10,17H,7-8,11-15H2. The van der Waals surface area contributed by atoms with Gasteiger partial charge >= 0.3 is 0 Å². The topological polar surface area (TPSA) is 64.6 Å². The fourth-order valence-electron chi connectivity index (χ4n) is 3.75.